The van der Waals surface area contributed by atoms with Crippen LogP contribution in [0.15, 0.2) is 127 Å². The Labute approximate surface area is 299 Å². The molecule has 6 aromatic carbocycles. The van der Waals surface area contributed by atoms with Crippen molar-refractivity contribution >= 4 is 40.2 Å². The monoisotopic (exact) mass is 649 g/mol. The van der Waals surface area contributed by atoms with Gasteiger partial charge in [0.2, 0.25) is 6.71 Å². The van der Waals surface area contributed by atoms with Crippen LogP contribution in [0.1, 0.15) is 88.1 Å². The van der Waals surface area contributed by atoms with Crippen molar-refractivity contribution in [2.24, 2.45) is 23.7 Å². The van der Waals surface area contributed by atoms with Crippen molar-refractivity contribution < 1.29 is 0 Å². The summed E-state index contributed by atoms with van der Waals surface area (Å²) in [7, 11) is 0. The highest BCUT2D eigenvalue weighted by molar-refractivity contribution is 6.98. The number of anilines is 3. The lowest BCUT2D eigenvalue weighted by molar-refractivity contribution is -0.0419. The van der Waals surface area contributed by atoms with Crippen LogP contribution in [0.25, 0.3) is 0 Å². The molecular formula is C49H36BN. The Kier molecular flexibility index (Phi) is 4.07. The first-order valence-corrected chi connectivity index (χ1v) is 19.8. The molecule has 3 unspecified atom stereocenters. The minimum atomic E-state index is -0.191. The predicted octanol–water partition coefficient (Wildman–Crippen LogP) is 8.45. The Morgan fingerprint density at radius 1 is 0.471 bits per heavy atom. The maximum atomic E-state index is 2.88. The number of hydrogen-bond donors (Lipinski definition) is 0. The third-order valence-corrected chi connectivity index (χ3v) is 16.7. The normalized spacial score (nSPS) is 34.2. The molecule has 4 saturated carbocycles. The zero-order chi connectivity index (χ0) is 32.6. The van der Waals surface area contributed by atoms with E-state index in [0.717, 1.165) is 23.7 Å². The molecule has 240 valence electrons. The largest absolute Gasteiger partial charge is 0.310 e. The molecule has 0 amide bonds. The second kappa shape index (κ2) is 7.97. The molecule has 4 fully saturated rings. The van der Waals surface area contributed by atoms with Gasteiger partial charge in [0.05, 0.1) is 11.1 Å². The molecule has 3 spiro atoms. The molecule has 3 atom stereocenters. The van der Waals surface area contributed by atoms with Crippen molar-refractivity contribution in [3.63, 3.8) is 0 Å². The fourth-order valence-electron chi connectivity index (χ4n) is 15.9. The zero-order valence-corrected chi connectivity index (χ0v) is 28.6. The third kappa shape index (κ3) is 2.31. The van der Waals surface area contributed by atoms with Crippen molar-refractivity contribution in [3.05, 3.63) is 177 Å². The molecule has 6 aromatic rings. The van der Waals surface area contributed by atoms with Crippen LogP contribution < -0.4 is 21.3 Å². The van der Waals surface area contributed by atoms with E-state index in [9.17, 15) is 0 Å². The highest BCUT2D eigenvalue weighted by Gasteiger charge is 2.80. The summed E-state index contributed by atoms with van der Waals surface area (Å²) in [6.45, 7) is 0.209. The maximum absolute atomic E-state index is 2.88. The van der Waals surface area contributed by atoms with E-state index in [-0.39, 0.29) is 23.0 Å². The molecule has 0 N–H and O–H groups in total. The van der Waals surface area contributed by atoms with Gasteiger partial charge in [0.1, 0.15) is 0 Å². The highest BCUT2D eigenvalue weighted by Crippen LogP contribution is 2.85. The summed E-state index contributed by atoms with van der Waals surface area (Å²) < 4.78 is 0. The lowest BCUT2D eigenvalue weighted by atomic mass is 9.31. The Hall–Kier alpha value is -4.82. The summed E-state index contributed by atoms with van der Waals surface area (Å²) in [6, 6.07) is 51.1. The molecule has 0 saturated heterocycles. The fourth-order valence-corrected chi connectivity index (χ4v) is 15.9. The van der Waals surface area contributed by atoms with Gasteiger partial charge in [-0.1, -0.05) is 133 Å². The van der Waals surface area contributed by atoms with E-state index in [1.54, 1.807) is 61.4 Å². The molecule has 2 heteroatoms. The molecule has 0 aromatic heterocycles. The fraction of sp³-hybridized carbons (Fsp3) is 0.265. The van der Waals surface area contributed by atoms with Crippen molar-refractivity contribution in [1.82, 2.24) is 0 Å². The number of fused-ring (bicyclic) bond motifs is 4. The van der Waals surface area contributed by atoms with Crippen LogP contribution in [0.5, 0.6) is 0 Å². The van der Waals surface area contributed by atoms with Gasteiger partial charge in [0, 0.05) is 28.1 Å². The van der Waals surface area contributed by atoms with Crippen molar-refractivity contribution in [2.45, 2.75) is 54.3 Å². The lowest BCUT2D eigenvalue weighted by Crippen LogP contribution is -2.67. The molecule has 10 aliphatic rings. The zero-order valence-electron chi connectivity index (χ0n) is 28.6. The Bertz CT molecular complexity index is 2630. The summed E-state index contributed by atoms with van der Waals surface area (Å²) in [5.74, 6) is 3.67. The van der Waals surface area contributed by atoms with Crippen molar-refractivity contribution in [2.75, 3.05) is 4.90 Å². The first-order chi connectivity index (χ1) is 25.3. The molecular weight excluding hydrogens is 613 g/mol. The molecule has 16 rings (SSSR count). The van der Waals surface area contributed by atoms with Gasteiger partial charge in [-0.25, -0.2) is 0 Å². The van der Waals surface area contributed by atoms with E-state index in [2.05, 4.69) is 132 Å². The van der Waals surface area contributed by atoms with E-state index >= 15 is 0 Å². The SMILES string of the molecule is c1ccc(B2c3cccc4c3N3c5c2cccc5C25c6ccccc6C26c2ccccc2C6c2ccc(c3c25)C42C3CC4CC(C3)CC2C4)cc1. The van der Waals surface area contributed by atoms with Gasteiger partial charge in [0.25, 0.3) is 0 Å². The Morgan fingerprint density at radius 3 is 1.84 bits per heavy atom. The number of nitrogens with zero attached hydrogens (tertiary/aromatic N) is 1. The minimum Gasteiger partial charge on any atom is -0.310 e. The van der Waals surface area contributed by atoms with Crippen LogP contribution in [-0.2, 0) is 16.2 Å². The molecule has 51 heavy (non-hydrogen) atoms. The highest BCUT2D eigenvalue weighted by atomic mass is 15.2. The molecule has 3 heterocycles. The van der Waals surface area contributed by atoms with Gasteiger partial charge in [-0.05, 0) is 117 Å². The van der Waals surface area contributed by atoms with Crippen LogP contribution in [-0.4, -0.2) is 6.71 Å². The Balaban J connectivity index is 1.17. The van der Waals surface area contributed by atoms with Gasteiger partial charge >= 0.3 is 0 Å². The molecule has 7 aliphatic carbocycles. The average Bonchev–Trinajstić information content (AvgIpc) is 3.36. The van der Waals surface area contributed by atoms with E-state index in [1.807, 2.05) is 0 Å². The van der Waals surface area contributed by atoms with Crippen LogP contribution in [0.2, 0.25) is 0 Å². The summed E-state index contributed by atoms with van der Waals surface area (Å²) in [5, 5.41) is 0. The summed E-state index contributed by atoms with van der Waals surface area (Å²) >= 11 is 0. The number of hydrogen-bond acceptors (Lipinski definition) is 1. The van der Waals surface area contributed by atoms with Gasteiger partial charge in [-0.2, -0.15) is 0 Å². The standard InChI is InChI=1S/C49H36BN/c1-2-10-31(11-3-1)50-40-18-8-16-37-44(40)51-45-39(17-9-19-41(45)50)49-36-15-7-6-14-35(36)48(49)34-13-5-4-12-32(34)42(48)33-20-21-38(46(51)43(33)49)47(37)29-23-27-22-28(25-29)26-30(47)24-27/h1-21,27-30,42H,22-26H2. The van der Waals surface area contributed by atoms with E-state index < -0.39 is 0 Å². The quantitative estimate of drug-likeness (QED) is 0.162. The molecule has 3 aliphatic heterocycles. The van der Waals surface area contributed by atoms with E-state index in [4.69, 9.17) is 0 Å². The van der Waals surface area contributed by atoms with Gasteiger partial charge in [0.15, 0.2) is 0 Å². The molecule has 0 radical (unpaired) electrons. The smallest absolute Gasteiger partial charge is 0.246 e. The van der Waals surface area contributed by atoms with Crippen LogP contribution in [0, 0.1) is 23.7 Å². The predicted molar refractivity (Wildman–Crippen MR) is 205 cm³/mol. The molecule has 4 bridgehead atoms. The summed E-state index contributed by atoms with van der Waals surface area (Å²) in [5.41, 5.74) is 23.3. The van der Waals surface area contributed by atoms with E-state index in [1.165, 1.54) is 54.2 Å². The van der Waals surface area contributed by atoms with Crippen LogP contribution in [0.4, 0.5) is 17.1 Å². The summed E-state index contributed by atoms with van der Waals surface area (Å²) in [6.07, 6.45) is 7.10. The number of para-hydroxylation sites is 2. The number of benzene rings is 6. The first-order valence-electron chi connectivity index (χ1n) is 19.8. The minimum absolute atomic E-state index is 0.0600. The van der Waals surface area contributed by atoms with E-state index in [0.29, 0.717) is 5.92 Å². The third-order valence-electron chi connectivity index (χ3n) is 16.7. The summed E-state index contributed by atoms with van der Waals surface area (Å²) in [4.78, 5) is 2.88. The number of rotatable bonds is 1. The van der Waals surface area contributed by atoms with Gasteiger partial charge in [-0.15, -0.1) is 0 Å². The maximum Gasteiger partial charge on any atom is 0.246 e. The average molecular weight is 650 g/mol. The van der Waals surface area contributed by atoms with Crippen molar-refractivity contribution in [1.29, 1.82) is 0 Å². The van der Waals surface area contributed by atoms with Crippen LogP contribution in [0.3, 0.4) is 0 Å². The Morgan fingerprint density at radius 2 is 1.08 bits per heavy atom. The second-order valence-corrected chi connectivity index (χ2v) is 17.9. The van der Waals surface area contributed by atoms with Crippen LogP contribution >= 0.6 is 0 Å². The first kappa shape index (κ1) is 26.0. The van der Waals surface area contributed by atoms with Crippen molar-refractivity contribution in [3.8, 4) is 0 Å². The lowest BCUT2D eigenvalue weighted by Gasteiger charge is -2.69. The topological polar surface area (TPSA) is 3.24 Å². The molecule has 1 nitrogen and oxygen atoms in total. The van der Waals surface area contributed by atoms with Gasteiger partial charge in [-0.3, -0.25) is 0 Å². The second-order valence-electron chi connectivity index (χ2n) is 17.9. The van der Waals surface area contributed by atoms with Gasteiger partial charge < -0.3 is 4.90 Å².